The number of rotatable bonds is 66. The molecule has 0 saturated carbocycles. The van der Waals surface area contributed by atoms with Crippen LogP contribution in [-0.2, 0) is 0 Å². The zero-order valence-electron chi connectivity index (χ0n) is 61.3. The molecule has 0 fully saturated rings. The molecule has 4 rings (SSSR count). The average Bonchev–Trinajstić information content (AvgIpc) is 0.893. The van der Waals surface area contributed by atoms with Crippen molar-refractivity contribution >= 4 is 5.78 Å². The third-order valence-corrected chi connectivity index (χ3v) is 18.2. The second-order valence-corrected chi connectivity index (χ2v) is 27.0. The van der Waals surface area contributed by atoms with Crippen LogP contribution in [0.5, 0.6) is 57.5 Å². The Morgan fingerprint density at radius 3 is 0.606 bits per heavy atom. The van der Waals surface area contributed by atoms with Gasteiger partial charge in [0, 0.05) is 35.4 Å². The summed E-state index contributed by atoms with van der Waals surface area (Å²) in [7, 11) is 0. The van der Waals surface area contributed by atoms with Gasteiger partial charge in [-0.05, 0) is 87.1 Å². The maximum atomic E-state index is 14.2. The van der Waals surface area contributed by atoms with Crippen LogP contribution in [0.3, 0.4) is 0 Å². The van der Waals surface area contributed by atoms with Gasteiger partial charge in [0.2, 0.25) is 11.5 Å². The van der Waals surface area contributed by atoms with Crippen LogP contribution in [0.1, 0.15) is 366 Å². The molecule has 532 valence electrons. The van der Waals surface area contributed by atoms with Crippen LogP contribution in [0.25, 0.3) is 0 Å². The van der Waals surface area contributed by atoms with Gasteiger partial charge >= 0.3 is 0 Å². The Morgan fingerprint density at radius 2 is 0.404 bits per heavy atom. The monoisotopic (exact) mass is 1300 g/mol. The first kappa shape index (κ1) is 81.4. The van der Waals surface area contributed by atoms with Crippen molar-refractivity contribution in [3.63, 3.8) is 0 Å². The first-order valence-corrected chi connectivity index (χ1v) is 39.7. The fourth-order valence-electron chi connectivity index (χ4n) is 12.2. The van der Waals surface area contributed by atoms with Gasteiger partial charge in [-0.1, -0.05) is 311 Å². The van der Waals surface area contributed by atoms with Crippen molar-refractivity contribution in [2.75, 3.05) is 39.6 Å². The number of unbranched alkanes of at least 4 members (excludes halogenated alkanes) is 42. The normalized spacial score (nSPS) is 11.3. The maximum absolute atomic E-state index is 14.2. The lowest BCUT2D eigenvalue weighted by Gasteiger charge is -2.19. The Morgan fingerprint density at radius 1 is 0.223 bits per heavy atom. The van der Waals surface area contributed by atoms with E-state index in [9.17, 15) is 4.79 Å². The highest BCUT2D eigenvalue weighted by Gasteiger charge is 2.21. The standard InChI is InChI=1S/C85H138O9/c1-7-13-19-25-31-37-43-49-63-87-79-69-77(70-80(88-64-50-44-38-32-26-20-14-8-2)84(79)91-67-53-47-41-35-29-23-17-11-5)93-75-59-55-73(56-60-75)83(86)74-57-61-76(62-58-74)94-78-71-81(89-65-51-45-39-33-27-21-15-9-3)85(92-68-54-48-42-36-30-24-18-12-6)82(72-78)90-66-52-46-40-34-28-22-16-10-4/h55-62,69-72H,7-54,63-68H2,1-6H3. The highest BCUT2D eigenvalue weighted by atomic mass is 16.6. The third-order valence-electron chi connectivity index (χ3n) is 18.2. The molecule has 0 spiro atoms. The fourth-order valence-corrected chi connectivity index (χ4v) is 12.2. The zero-order valence-corrected chi connectivity index (χ0v) is 61.3. The largest absolute Gasteiger partial charge is 0.489 e. The third kappa shape index (κ3) is 38.6. The van der Waals surface area contributed by atoms with Gasteiger partial charge in [0.1, 0.15) is 23.0 Å². The second kappa shape index (κ2) is 57.1. The summed E-state index contributed by atoms with van der Waals surface area (Å²) in [6.45, 7) is 17.2. The van der Waals surface area contributed by atoms with Crippen LogP contribution in [0.4, 0.5) is 0 Å². The summed E-state index contributed by atoms with van der Waals surface area (Å²) in [6.07, 6.45) is 59.1. The minimum atomic E-state index is -0.0873. The van der Waals surface area contributed by atoms with Crippen LogP contribution in [0.15, 0.2) is 72.8 Å². The molecule has 4 aromatic rings. The maximum Gasteiger partial charge on any atom is 0.203 e. The summed E-state index contributed by atoms with van der Waals surface area (Å²) in [5, 5.41) is 0. The minimum absolute atomic E-state index is 0.0873. The van der Waals surface area contributed by atoms with Crippen molar-refractivity contribution in [3.05, 3.63) is 83.9 Å². The van der Waals surface area contributed by atoms with E-state index in [0.717, 1.165) is 77.0 Å². The molecule has 9 nitrogen and oxygen atoms in total. The lowest BCUT2D eigenvalue weighted by Crippen LogP contribution is -2.07. The number of benzene rings is 4. The van der Waals surface area contributed by atoms with E-state index in [1.165, 1.54) is 231 Å². The second-order valence-electron chi connectivity index (χ2n) is 27.0. The van der Waals surface area contributed by atoms with E-state index in [0.29, 0.717) is 108 Å². The van der Waals surface area contributed by atoms with Gasteiger partial charge in [-0.3, -0.25) is 4.79 Å². The van der Waals surface area contributed by atoms with Gasteiger partial charge in [-0.25, -0.2) is 0 Å². The van der Waals surface area contributed by atoms with Crippen molar-refractivity contribution < 1.29 is 42.7 Å². The van der Waals surface area contributed by atoms with Gasteiger partial charge < -0.3 is 37.9 Å². The molecule has 0 aliphatic rings. The molecule has 0 saturated heterocycles. The summed E-state index contributed by atoms with van der Waals surface area (Å²) in [4.78, 5) is 14.2. The predicted molar refractivity (Wildman–Crippen MR) is 398 cm³/mol. The van der Waals surface area contributed by atoms with E-state index in [1.54, 1.807) is 0 Å². The van der Waals surface area contributed by atoms with E-state index >= 15 is 0 Å². The van der Waals surface area contributed by atoms with Crippen LogP contribution < -0.4 is 37.9 Å². The number of carbonyl (C=O) groups excluding carboxylic acids is 1. The van der Waals surface area contributed by atoms with Gasteiger partial charge in [-0.15, -0.1) is 0 Å². The van der Waals surface area contributed by atoms with Crippen LogP contribution in [0, 0.1) is 0 Å². The predicted octanol–water partition coefficient (Wildman–Crippen LogP) is 27.6. The van der Waals surface area contributed by atoms with Crippen LogP contribution in [0.2, 0.25) is 0 Å². The summed E-state index contributed by atoms with van der Waals surface area (Å²) in [5.41, 5.74) is 1.13. The summed E-state index contributed by atoms with van der Waals surface area (Å²) < 4.78 is 53.1. The first-order valence-electron chi connectivity index (χ1n) is 39.7. The number of ether oxygens (including phenoxy) is 8. The van der Waals surface area contributed by atoms with Crippen molar-refractivity contribution in [2.45, 2.75) is 350 Å². The van der Waals surface area contributed by atoms with E-state index in [-0.39, 0.29) is 5.78 Å². The van der Waals surface area contributed by atoms with E-state index < -0.39 is 0 Å². The lowest BCUT2D eigenvalue weighted by molar-refractivity contribution is 0.103. The Bertz CT molecular complexity index is 2150. The molecule has 0 bridgehead atoms. The quantitative estimate of drug-likeness (QED) is 0.0317. The number of hydrogen-bond acceptors (Lipinski definition) is 9. The van der Waals surface area contributed by atoms with E-state index in [2.05, 4.69) is 41.5 Å². The molecule has 0 unspecified atom stereocenters. The van der Waals surface area contributed by atoms with Crippen LogP contribution >= 0.6 is 0 Å². The van der Waals surface area contributed by atoms with Crippen LogP contribution in [-0.4, -0.2) is 45.4 Å². The fraction of sp³-hybridized carbons (Fsp3) is 0.706. The highest BCUT2D eigenvalue weighted by molar-refractivity contribution is 6.09. The minimum Gasteiger partial charge on any atom is -0.489 e. The Labute approximate surface area is 576 Å². The molecule has 0 aliphatic carbocycles. The van der Waals surface area contributed by atoms with Crippen molar-refractivity contribution in [3.8, 4) is 57.5 Å². The van der Waals surface area contributed by atoms with Gasteiger partial charge in [0.15, 0.2) is 28.8 Å². The number of hydrogen-bond donors (Lipinski definition) is 0. The summed E-state index contributed by atoms with van der Waals surface area (Å²) >= 11 is 0. The first-order chi connectivity index (χ1) is 46.4. The SMILES string of the molecule is CCCCCCCCCCOc1cc(Oc2ccc(C(=O)c3ccc(Oc4cc(OCCCCCCCCCC)c(OCCCCCCCCCC)c(OCCCCCCCCCC)c4)cc3)cc2)cc(OCCCCCCCCCC)c1OCCCCCCCCCC. The smallest absolute Gasteiger partial charge is 0.203 e. The van der Waals surface area contributed by atoms with Gasteiger partial charge in [0.25, 0.3) is 0 Å². The Kier molecular flexibility index (Phi) is 49.4. The molecule has 0 heterocycles. The number of ketones is 1. The molecule has 0 aromatic heterocycles. The molecular weight excluding hydrogens is 1160 g/mol. The molecular formula is C85H138O9. The Balaban J connectivity index is 1.52. The lowest BCUT2D eigenvalue weighted by atomic mass is 10.0. The van der Waals surface area contributed by atoms with Gasteiger partial charge in [-0.2, -0.15) is 0 Å². The van der Waals surface area contributed by atoms with Crippen molar-refractivity contribution in [1.29, 1.82) is 0 Å². The molecule has 0 amide bonds. The molecule has 0 atom stereocenters. The molecule has 0 N–H and O–H groups in total. The molecule has 94 heavy (non-hydrogen) atoms. The molecule has 4 aromatic carbocycles. The molecule has 0 radical (unpaired) electrons. The number of carbonyl (C=O) groups is 1. The van der Waals surface area contributed by atoms with Crippen molar-refractivity contribution in [1.82, 2.24) is 0 Å². The van der Waals surface area contributed by atoms with Gasteiger partial charge in [0.05, 0.1) is 39.6 Å². The van der Waals surface area contributed by atoms with Crippen molar-refractivity contribution in [2.24, 2.45) is 0 Å². The summed E-state index contributed by atoms with van der Waals surface area (Å²) in [6, 6.07) is 22.6. The highest BCUT2D eigenvalue weighted by Crippen LogP contribution is 2.45. The molecule has 9 heteroatoms. The van der Waals surface area contributed by atoms with E-state index in [1.807, 2.05) is 72.8 Å². The van der Waals surface area contributed by atoms with E-state index in [4.69, 9.17) is 37.9 Å². The Hall–Kier alpha value is -5.05. The molecule has 0 aliphatic heterocycles. The average molecular weight is 1300 g/mol. The summed E-state index contributed by atoms with van der Waals surface area (Å²) in [5.74, 6) is 6.33. The zero-order chi connectivity index (χ0) is 66.8. The topological polar surface area (TPSA) is 90.9 Å².